The molecule has 0 atom stereocenters. The molecule has 11 nitrogen and oxygen atoms in total. The van der Waals surface area contributed by atoms with Gasteiger partial charge in [0, 0.05) is 46.5 Å². The molecule has 6 rings (SSSR count). The van der Waals surface area contributed by atoms with Crippen molar-refractivity contribution in [2.45, 2.75) is 6.42 Å². The molecule has 0 radical (unpaired) electrons. The number of aryl methyl sites for hydroxylation is 3. The molecule has 1 aliphatic heterocycles. The molecule has 0 aromatic carbocycles. The van der Waals surface area contributed by atoms with Gasteiger partial charge in [0.25, 0.3) is 11.5 Å². The Morgan fingerprint density at radius 1 is 0.879 bits per heavy atom. The number of aromatic amines is 1. The SMILES string of the molecule is Cn1cnc2c(=O)[nH]ccc21.Cn1cnc2c(Cl)nccc21.Cn1cnc2c1CCNC2=O. The Morgan fingerprint density at radius 2 is 1.55 bits per heavy atom. The Hall–Kier alpha value is -3.99. The maximum Gasteiger partial charge on any atom is 0.276 e. The van der Waals surface area contributed by atoms with Gasteiger partial charge in [0.15, 0.2) is 10.7 Å². The summed E-state index contributed by atoms with van der Waals surface area (Å²) in [7, 11) is 5.69. The standard InChI is InChI=1S/C7H6ClN3.C7H9N3O.C7H7N3O/c1-11-4-10-6-5(11)2-3-9-7(6)8;2*1-10-4-9-6-5(10)2-3-8-7(6)11/h2-4H,1H3;4H,2-3H2,1H3,(H,8,11);2-4H,1H3,(H,8,11). The van der Waals surface area contributed by atoms with E-state index in [2.05, 4.69) is 30.2 Å². The van der Waals surface area contributed by atoms with Crippen LogP contribution in [0.3, 0.4) is 0 Å². The average Bonchev–Trinajstić information content (AvgIpc) is 3.50. The zero-order valence-corrected chi connectivity index (χ0v) is 19.0. The van der Waals surface area contributed by atoms with E-state index in [9.17, 15) is 9.59 Å². The van der Waals surface area contributed by atoms with Crippen LogP contribution in [0.4, 0.5) is 0 Å². The second-order valence-electron chi connectivity index (χ2n) is 7.38. The van der Waals surface area contributed by atoms with Crippen LogP contribution in [0.15, 0.2) is 48.3 Å². The first-order chi connectivity index (χ1) is 15.9. The number of rotatable bonds is 0. The number of amides is 1. The summed E-state index contributed by atoms with van der Waals surface area (Å²) in [5, 5.41) is 3.20. The molecule has 33 heavy (non-hydrogen) atoms. The van der Waals surface area contributed by atoms with Gasteiger partial charge in [0.2, 0.25) is 0 Å². The molecule has 0 bridgehead atoms. The fourth-order valence-electron chi connectivity index (χ4n) is 3.42. The zero-order chi connectivity index (χ0) is 23.5. The second kappa shape index (κ2) is 9.25. The summed E-state index contributed by atoms with van der Waals surface area (Å²) in [6.45, 7) is 0.728. The van der Waals surface area contributed by atoms with Gasteiger partial charge in [-0.1, -0.05) is 11.6 Å². The van der Waals surface area contributed by atoms with Crippen molar-refractivity contribution in [3.63, 3.8) is 0 Å². The van der Waals surface area contributed by atoms with E-state index < -0.39 is 0 Å². The number of nitrogens with zero attached hydrogens (tertiary/aromatic N) is 7. The van der Waals surface area contributed by atoms with Crippen LogP contribution in [0.1, 0.15) is 16.2 Å². The highest BCUT2D eigenvalue weighted by molar-refractivity contribution is 6.33. The number of imidazole rings is 3. The topological polar surface area (TPSA) is 128 Å². The zero-order valence-electron chi connectivity index (χ0n) is 18.3. The Balaban J connectivity index is 0.000000118. The molecule has 12 heteroatoms. The molecule has 1 aliphatic rings. The van der Waals surface area contributed by atoms with Gasteiger partial charge in [-0.3, -0.25) is 9.59 Å². The van der Waals surface area contributed by atoms with Crippen molar-refractivity contribution in [3.8, 4) is 0 Å². The van der Waals surface area contributed by atoms with Gasteiger partial charge in [0.05, 0.1) is 35.7 Å². The lowest BCUT2D eigenvalue weighted by Gasteiger charge is -2.11. The lowest BCUT2D eigenvalue weighted by Crippen LogP contribution is -2.32. The minimum atomic E-state index is -0.136. The lowest BCUT2D eigenvalue weighted by atomic mass is 10.2. The quantitative estimate of drug-likeness (QED) is 0.333. The van der Waals surface area contributed by atoms with Gasteiger partial charge >= 0.3 is 0 Å². The Kier molecular flexibility index (Phi) is 6.22. The van der Waals surface area contributed by atoms with E-state index in [1.54, 1.807) is 31.4 Å². The molecule has 0 saturated carbocycles. The second-order valence-corrected chi connectivity index (χ2v) is 7.74. The molecule has 1 amide bonds. The highest BCUT2D eigenvalue weighted by atomic mass is 35.5. The summed E-state index contributed by atoms with van der Waals surface area (Å²) in [5.41, 5.74) is 4.60. The van der Waals surface area contributed by atoms with Crippen LogP contribution in [0.5, 0.6) is 0 Å². The van der Waals surface area contributed by atoms with E-state index in [0.717, 1.165) is 35.2 Å². The predicted octanol–water partition coefficient (Wildman–Crippen LogP) is 1.59. The predicted molar refractivity (Wildman–Crippen MR) is 124 cm³/mol. The minimum absolute atomic E-state index is 0.0492. The number of hydrogen-bond donors (Lipinski definition) is 2. The molecule has 5 aromatic rings. The van der Waals surface area contributed by atoms with Crippen molar-refractivity contribution in [1.82, 2.24) is 43.9 Å². The Morgan fingerprint density at radius 3 is 2.21 bits per heavy atom. The molecule has 0 fully saturated rings. The molecular formula is C21H22ClN9O2. The number of aromatic nitrogens is 8. The summed E-state index contributed by atoms with van der Waals surface area (Å²) in [6, 6.07) is 3.71. The van der Waals surface area contributed by atoms with Crippen LogP contribution in [-0.4, -0.2) is 51.1 Å². The van der Waals surface area contributed by atoms with E-state index in [1.807, 2.05) is 47.0 Å². The number of carbonyl (C=O) groups is 1. The number of halogens is 1. The molecule has 6 heterocycles. The third-order valence-corrected chi connectivity index (χ3v) is 5.45. The van der Waals surface area contributed by atoms with Crippen molar-refractivity contribution < 1.29 is 4.79 Å². The van der Waals surface area contributed by atoms with Crippen LogP contribution in [-0.2, 0) is 27.6 Å². The third kappa shape index (κ3) is 4.48. The van der Waals surface area contributed by atoms with E-state index in [4.69, 9.17) is 11.6 Å². The van der Waals surface area contributed by atoms with Crippen molar-refractivity contribution in [2.24, 2.45) is 21.1 Å². The van der Waals surface area contributed by atoms with Crippen LogP contribution >= 0.6 is 11.6 Å². The Bertz CT molecular complexity index is 1490. The molecule has 0 unspecified atom stereocenters. The minimum Gasteiger partial charge on any atom is -0.350 e. The normalized spacial score (nSPS) is 12.4. The summed E-state index contributed by atoms with van der Waals surface area (Å²) in [4.78, 5) is 40.7. The highest BCUT2D eigenvalue weighted by Crippen LogP contribution is 2.17. The van der Waals surface area contributed by atoms with Gasteiger partial charge in [-0.25, -0.2) is 19.9 Å². The summed E-state index contributed by atoms with van der Waals surface area (Å²) in [6.07, 6.45) is 9.20. The molecule has 5 aromatic heterocycles. The van der Waals surface area contributed by atoms with Crippen LogP contribution in [0.2, 0.25) is 5.15 Å². The van der Waals surface area contributed by atoms with Crippen molar-refractivity contribution in [2.75, 3.05) is 6.54 Å². The molecule has 0 spiro atoms. The van der Waals surface area contributed by atoms with Crippen LogP contribution in [0, 0.1) is 0 Å². The van der Waals surface area contributed by atoms with Gasteiger partial charge in [-0.05, 0) is 12.1 Å². The highest BCUT2D eigenvalue weighted by Gasteiger charge is 2.20. The first kappa shape index (κ1) is 22.2. The van der Waals surface area contributed by atoms with E-state index in [-0.39, 0.29) is 11.5 Å². The molecule has 2 N–H and O–H groups in total. The average molecular weight is 468 g/mol. The summed E-state index contributed by atoms with van der Waals surface area (Å²) in [5.74, 6) is -0.0492. The first-order valence-corrected chi connectivity index (χ1v) is 10.4. The van der Waals surface area contributed by atoms with E-state index in [1.165, 1.54) is 0 Å². The third-order valence-electron chi connectivity index (χ3n) is 5.17. The maximum absolute atomic E-state index is 11.1. The van der Waals surface area contributed by atoms with Crippen molar-refractivity contribution >= 4 is 39.6 Å². The summed E-state index contributed by atoms with van der Waals surface area (Å²) >= 11 is 5.78. The van der Waals surface area contributed by atoms with E-state index in [0.29, 0.717) is 16.4 Å². The Labute approximate surface area is 193 Å². The largest absolute Gasteiger partial charge is 0.350 e. The number of nitrogens with one attached hydrogen (secondary N) is 2. The molecule has 170 valence electrons. The number of hydrogen-bond acceptors (Lipinski definition) is 6. The number of pyridine rings is 2. The molecule has 0 saturated heterocycles. The van der Waals surface area contributed by atoms with Gasteiger partial charge < -0.3 is 24.0 Å². The van der Waals surface area contributed by atoms with Crippen LogP contribution in [0.25, 0.3) is 22.1 Å². The van der Waals surface area contributed by atoms with Crippen molar-refractivity contribution in [3.05, 3.63) is 70.4 Å². The smallest absolute Gasteiger partial charge is 0.276 e. The maximum atomic E-state index is 11.1. The van der Waals surface area contributed by atoms with Crippen LogP contribution < -0.4 is 10.9 Å². The number of carbonyl (C=O) groups excluding carboxylic acids is 1. The van der Waals surface area contributed by atoms with Gasteiger partial charge in [-0.2, -0.15) is 0 Å². The van der Waals surface area contributed by atoms with Gasteiger partial charge in [0.1, 0.15) is 11.2 Å². The number of H-pyrrole nitrogens is 1. The first-order valence-electron chi connectivity index (χ1n) is 10.1. The van der Waals surface area contributed by atoms with E-state index >= 15 is 0 Å². The number of fused-ring (bicyclic) bond motifs is 3. The summed E-state index contributed by atoms with van der Waals surface area (Å²) < 4.78 is 5.61. The fraction of sp³-hybridized carbons (Fsp3) is 0.238. The fourth-order valence-corrected chi connectivity index (χ4v) is 3.63. The monoisotopic (exact) mass is 467 g/mol. The molecule has 0 aliphatic carbocycles. The van der Waals surface area contributed by atoms with Gasteiger partial charge in [-0.15, -0.1) is 0 Å². The van der Waals surface area contributed by atoms with Crippen molar-refractivity contribution in [1.29, 1.82) is 0 Å². The lowest BCUT2D eigenvalue weighted by molar-refractivity contribution is 0.0940. The molecular weight excluding hydrogens is 446 g/mol.